The summed E-state index contributed by atoms with van der Waals surface area (Å²) in [6.07, 6.45) is -3.09. The lowest BCUT2D eigenvalue weighted by Crippen LogP contribution is -2.35. The van der Waals surface area contributed by atoms with Gasteiger partial charge in [-0.25, -0.2) is 4.98 Å². The molecule has 0 saturated heterocycles. The molecule has 0 aromatic carbocycles. The summed E-state index contributed by atoms with van der Waals surface area (Å²) < 4.78 is 48.0. The fourth-order valence-corrected chi connectivity index (χ4v) is 2.48. The Morgan fingerprint density at radius 2 is 2.21 bits per heavy atom. The monoisotopic (exact) mass is 341 g/mol. The molecule has 128 valence electrons. The van der Waals surface area contributed by atoms with Crippen LogP contribution in [0.4, 0.5) is 13.2 Å². The Kier molecular flexibility index (Phi) is 4.27. The van der Waals surface area contributed by atoms with Crippen molar-refractivity contribution in [2.24, 2.45) is 0 Å². The van der Waals surface area contributed by atoms with Gasteiger partial charge in [-0.05, 0) is 12.1 Å². The van der Waals surface area contributed by atoms with Crippen LogP contribution in [0.2, 0.25) is 0 Å². The molecular weight excluding hydrogens is 327 g/mol. The molecule has 0 unspecified atom stereocenters. The zero-order valence-corrected chi connectivity index (χ0v) is 12.8. The lowest BCUT2D eigenvalue weighted by Gasteiger charge is -2.25. The van der Waals surface area contributed by atoms with Crippen LogP contribution in [0.3, 0.4) is 0 Å². The Morgan fingerprint density at radius 1 is 1.42 bits per heavy atom. The molecule has 0 spiro atoms. The number of hydrogen-bond acceptors (Lipinski definition) is 5. The number of aromatic nitrogens is 2. The number of carbonyl (C=O) groups is 1. The van der Waals surface area contributed by atoms with Crippen LogP contribution in [0.5, 0.6) is 0 Å². The molecule has 1 aliphatic rings. The number of carbonyl (C=O) groups excluding carboxylic acids is 1. The summed E-state index contributed by atoms with van der Waals surface area (Å²) in [5, 5.41) is 0. The van der Waals surface area contributed by atoms with Crippen molar-refractivity contribution in [2.45, 2.75) is 25.7 Å². The summed E-state index contributed by atoms with van der Waals surface area (Å²) in [6, 6.07) is 1.93. The second-order valence-corrected chi connectivity index (χ2v) is 5.32. The number of hydrogen-bond donors (Lipinski definition) is 0. The van der Waals surface area contributed by atoms with Gasteiger partial charge in [-0.2, -0.15) is 13.2 Å². The first-order valence-electron chi connectivity index (χ1n) is 7.17. The maximum Gasteiger partial charge on any atom is 0.433 e. The van der Waals surface area contributed by atoms with E-state index in [1.165, 1.54) is 12.0 Å². The predicted octanol–water partition coefficient (Wildman–Crippen LogP) is 2.43. The predicted molar refractivity (Wildman–Crippen MR) is 74.9 cm³/mol. The molecule has 3 heterocycles. The molecule has 0 N–H and O–H groups in total. The number of oxazole rings is 1. The van der Waals surface area contributed by atoms with E-state index in [1.54, 1.807) is 0 Å². The van der Waals surface area contributed by atoms with Gasteiger partial charge in [0.05, 0.1) is 12.1 Å². The van der Waals surface area contributed by atoms with Gasteiger partial charge in [-0.1, -0.05) is 0 Å². The smallest absolute Gasteiger partial charge is 0.433 e. The van der Waals surface area contributed by atoms with Crippen molar-refractivity contribution in [3.05, 3.63) is 46.9 Å². The van der Waals surface area contributed by atoms with Crippen molar-refractivity contribution in [2.75, 3.05) is 13.7 Å². The highest BCUT2D eigenvalue weighted by molar-refractivity contribution is 5.94. The molecule has 1 amide bonds. The van der Waals surface area contributed by atoms with Gasteiger partial charge < -0.3 is 14.1 Å². The zero-order valence-electron chi connectivity index (χ0n) is 12.8. The summed E-state index contributed by atoms with van der Waals surface area (Å²) in [4.78, 5) is 21.5. The summed E-state index contributed by atoms with van der Waals surface area (Å²) in [5.74, 6) is 0.753. The van der Waals surface area contributed by atoms with E-state index in [0.29, 0.717) is 30.3 Å². The average molecular weight is 341 g/mol. The van der Waals surface area contributed by atoms with Crippen LogP contribution in [-0.4, -0.2) is 34.4 Å². The van der Waals surface area contributed by atoms with E-state index in [1.807, 2.05) is 0 Å². The molecule has 1 aliphatic heterocycles. The third-order valence-corrected chi connectivity index (χ3v) is 3.63. The lowest BCUT2D eigenvalue weighted by molar-refractivity contribution is -0.141. The molecule has 0 radical (unpaired) electrons. The molecule has 0 fully saturated rings. The maximum atomic E-state index is 12.5. The van der Waals surface area contributed by atoms with E-state index >= 15 is 0 Å². The van der Waals surface area contributed by atoms with E-state index in [4.69, 9.17) is 9.15 Å². The van der Waals surface area contributed by atoms with Gasteiger partial charge in [-0.3, -0.25) is 9.78 Å². The van der Waals surface area contributed by atoms with Crippen molar-refractivity contribution >= 4 is 5.91 Å². The van der Waals surface area contributed by atoms with Gasteiger partial charge in [-0.15, -0.1) is 0 Å². The van der Waals surface area contributed by atoms with Crippen molar-refractivity contribution in [3.63, 3.8) is 0 Å². The molecule has 24 heavy (non-hydrogen) atoms. The van der Waals surface area contributed by atoms with Gasteiger partial charge >= 0.3 is 6.18 Å². The number of amides is 1. The fraction of sp³-hybridized carbons (Fsp3) is 0.400. The fourth-order valence-electron chi connectivity index (χ4n) is 2.48. The van der Waals surface area contributed by atoms with Gasteiger partial charge in [0.25, 0.3) is 5.91 Å². The number of pyridine rings is 1. The summed E-state index contributed by atoms with van der Waals surface area (Å²) in [5.41, 5.74) is -0.283. The third-order valence-electron chi connectivity index (χ3n) is 3.63. The van der Waals surface area contributed by atoms with Crippen LogP contribution in [0, 0.1) is 0 Å². The first-order valence-corrected chi connectivity index (χ1v) is 7.17. The molecule has 3 rings (SSSR count). The van der Waals surface area contributed by atoms with Gasteiger partial charge in [0.15, 0.2) is 0 Å². The SMILES string of the molecule is COCc1nc2c(o1)CCN(C(=O)c1ccc(C(F)(F)F)nc1)C2. The topological polar surface area (TPSA) is 68.5 Å². The lowest BCUT2D eigenvalue weighted by atomic mass is 10.1. The highest BCUT2D eigenvalue weighted by Crippen LogP contribution is 2.27. The van der Waals surface area contributed by atoms with E-state index in [9.17, 15) is 18.0 Å². The minimum absolute atomic E-state index is 0.104. The van der Waals surface area contributed by atoms with Crippen LogP contribution < -0.4 is 0 Å². The van der Waals surface area contributed by atoms with E-state index in [2.05, 4.69) is 9.97 Å². The van der Waals surface area contributed by atoms with Crippen molar-refractivity contribution < 1.29 is 27.1 Å². The maximum absolute atomic E-state index is 12.5. The third kappa shape index (κ3) is 3.25. The highest BCUT2D eigenvalue weighted by atomic mass is 19.4. The Labute approximate surface area is 135 Å². The number of rotatable bonds is 3. The number of halogens is 3. The second kappa shape index (κ2) is 6.23. The summed E-state index contributed by atoms with van der Waals surface area (Å²) >= 11 is 0. The second-order valence-electron chi connectivity index (χ2n) is 5.32. The Balaban J connectivity index is 1.74. The standard InChI is InChI=1S/C15H14F3N3O3/c1-23-8-13-20-10-7-21(5-4-11(10)24-13)14(22)9-2-3-12(19-6-9)15(16,17)18/h2-3,6H,4-5,7-8H2,1H3. The molecule has 0 saturated carbocycles. The minimum Gasteiger partial charge on any atom is -0.443 e. The number of nitrogens with zero attached hydrogens (tertiary/aromatic N) is 3. The van der Waals surface area contributed by atoms with Crippen molar-refractivity contribution in [1.29, 1.82) is 0 Å². The first-order chi connectivity index (χ1) is 11.4. The Morgan fingerprint density at radius 3 is 2.83 bits per heavy atom. The Hall–Kier alpha value is -2.42. The molecule has 6 nitrogen and oxygen atoms in total. The molecule has 9 heteroatoms. The average Bonchev–Trinajstić information content (AvgIpc) is 2.95. The number of fused-ring (bicyclic) bond motifs is 1. The highest BCUT2D eigenvalue weighted by Gasteiger charge is 2.33. The van der Waals surface area contributed by atoms with Crippen molar-refractivity contribution in [1.82, 2.24) is 14.9 Å². The first kappa shape index (κ1) is 16.4. The molecule has 0 aliphatic carbocycles. The molecule has 2 aromatic heterocycles. The van der Waals surface area contributed by atoms with Crippen LogP contribution >= 0.6 is 0 Å². The van der Waals surface area contributed by atoms with E-state index < -0.39 is 17.8 Å². The van der Waals surface area contributed by atoms with Crippen molar-refractivity contribution in [3.8, 4) is 0 Å². The van der Waals surface area contributed by atoms with Crippen LogP contribution in [0.1, 0.15) is 33.4 Å². The molecule has 0 atom stereocenters. The zero-order chi connectivity index (χ0) is 17.3. The molecular formula is C15H14F3N3O3. The van der Waals surface area contributed by atoms with Crippen LogP contribution in [-0.2, 0) is 30.5 Å². The normalized spacial score (nSPS) is 14.6. The number of ether oxygens (including phenoxy) is 1. The number of methoxy groups -OCH3 is 1. The largest absolute Gasteiger partial charge is 0.443 e. The molecule has 2 aromatic rings. The van der Waals surface area contributed by atoms with E-state index in [0.717, 1.165) is 18.3 Å². The molecule has 0 bridgehead atoms. The van der Waals surface area contributed by atoms with Crippen LogP contribution in [0.15, 0.2) is 22.7 Å². The number of alkyl halides is 3. The van der Waals surface area contributed by atoms with Crippen LogP contribution in [0.25, 0.3) is 0 Å². The van der Waals surface area contributed by atoms with E-state index in [-0.39, 0.29) is 18.7 Å². The Bertz CT molecular complexity index is 741. The van der Waals surface area contributed by atoms with Gasteiger partial charge in [0.1, 0.15) is 23.8 Å². The summed E-state index contributed by atoms with van der Waals surface area (Å²) in [7, 11) is 1.52. The summed E-state index contributed by atoms with van der Waals surface area (Å²) in [6.45, 7) is 0.876. The van der Waals surface area contributed by atoms with Gasteiger partial charge in [0, 0.05) is 26.3 Å². The minimum atomic E-state index is -4.53. The quantitative estimate of drug-likeness (QED) is 0.858. The van der Waals surface area contributed by atoms with Gasteiger partial charge in [0.2, 0.25) is 5.89 Å².